The van der Waals surface area contributed by atoms with Crippen LogP contribution in [0.3, 0.4) is 0 Å². The van der Waals surface area contributed by atoms with Crippen LogP contribution in [-0.4, -0.2) is 18.3 Å². The summed E-state index contributed by atoms with van der Waals surface area (Å²) in [5.41, 5.74) is 8.03. The number of carbonyl (C=O) groups is 1. The van der Waals surface area contributed by atoms with Crippen LogP contribution in [0.2, 0.25) is 0 Å². The summed E-state index contributed by atoms with van der Waals surface area (Å²) in [7, 11) is 0. The number of hydrogen-bond donors (Lipinski definition) is 2. The van der Waals surface area contributed by atoms with Crippen LogP contribution in [-0.2, 0) is 4.79 Å². The maximum Gasteiger partial charge on any atom is 0.278 e. The first-order valence-electron chi connectivity index (χ1n) is 7.05. The standard InChI is InChI=1S/C18H18N4O/c1-13(14-9-5-3-6-10-14)21-16(17(19)20-2)18(23)22-15-11-7-4-8-12-15/h3-12H,2,19H2,1H3,(H,22,23)/b17-16-,21-13?. The number of para-hydroxylation sites is 1. The second-order valence-electron chi connectivity index (χ2n) is 4.78. The summed E-state index contributed by atoms with van der Waals surface area (Å²) < 4.78 is 0. The summed E-state index contributed by atoms with van der Waals surface area (Å²) in [5, 5.41) is 2.74. The normalized spacial score (nSPS) is 12.3. The second-order valence-corrected chi connectivity index (χ2v) is 4.78. The minimum absolute atomic E-state index is 0.0197. The Bertz CT molecular complexity index is 749. The van der Waals surface area contributed by atoms with Crippen LogP contribution in [0, 0.1) is 0 Å². The molecule has 1 amide bonds. The van der Waals surface area contributed by atoms with Gasteiger partial charge in [-0.15, -0.1) is 0 Å². The number of benzene rings is 2. The highest BCUT2D eigenvalue weighted by atomic mass is 16.2. The SMILES string of the molecule is C=N/C(N)=C(\N=C(C)c1ccccc1)C(=O)Nc1ccccc1. The van der Waals surface area contributed by atoms with Gasteiger partial charge >= 0.3 is 0 Å². The zero-order chi connectivity index (χ0) is 16.7. The Morgan fingerprint density at radius 2 is 1.61 bits per heavy atom. The van der Waals surface area contributed by atoms with Crippen molar-refractivity contribution in [2.75, 3.05) is 5.32 Å². The molecule has 0 spiro atoms. The van der Waals surface area contributed by atoms with Gasteiger partial charge in [-0.05, 0) is 31.3 Å². The third kappa shape index (κ3) is 4.38. The number of rotatable bonds is 5. The van der Waals surface area contributed by atoms with Crippen molar-refractivity contribution in [2.24, 2.45) is 15.7 Å². The Morgan fingerprint density at radius 3 is 2.17 bits per heavy atom. The second kappa shape index (κ2) is 7.70. The molecule has 116 valence electrons. The van der Waals surface area contributed by atoms with Crippen molar-refractivity contribution in [2.45, 2.75) is 6.92 Å². The van der Waals surface area contributed by atoms with Crippen LogP contribution in [0.4, 0.5) is 5.69 Å². The molecule has 0 atom stereocenters. The largest absolute Gasteiger partial charge is 0.382 e. The van der Waals surface area contributed by atoms with Crippen molar-refractivity contribution < 1.29 is 4.79 Å². The number of hydrogen-bond acceptors (Lipinski definition) is 4. The third-order valence-electron chi connectivity index (χ3n) is 3.13. The molecule has 0 aliphatic carbocycles. The molecule has 0 fully saturated rings. The quantitative estimate of drug-likeness (QED) is 0.658. The van der Waals surface area contributed by atoms with E-state index in [-0.39, 0.29) is 11.5 Å². The fourth-order valence-corrected chi connectivity index (χ4v) is 1.92. The number of nitrogens with one attached hydrogen (secondary N) is 1. The fourth-order valence-electron chi connectivity index (χ4n) is 1.92. The number of aliphatic imine (C=N–C) groups is 2. The first kappa shape index (κ1) is 16.2. The average Bonchev–Trinajstić information content (AvgIpc) is 2.60. The highest BCUT2D eigenvalue weighted by Gasteiger charge is 2.14. The van der Waals surface area contributed by atoms with E-state index in [1.54, 1.807) is 12.1 Å². The average molecular weight is 306 g/mol. The number of carbonyl (C=O) groups excluding carboxylic acids is 1. The third-order valence-corrected chi connectivity index (χ3v) is 3.13. The van der Waals surface area contributed by atoms with E-state index in [1.165, 1.54) is 0 Å². The molecule has 23 heavy (non-hydrogen) atoms. The maximum absolute atomic E-state index is 12.4. The summed E-state index contributed by atoms with van der Waals surface area (Å²) in [6.07, 6.45) is 0. The summed E-state index contributed by atoms with van der Waals surface area (Å²) in [5.74, 6) is -0.454. The van der Waals surface area contributed by atoms with Crippen molar-refractivity contribution in [3.63, 3.8) is 0 Å². The summed E-state index contributed by atoms with van der Waals surface area (Å²) >= 11 is 0. The molecule has 0 saturated carbocycles. The van der Waals surface area contributed by atoms with Gasteiger partial charge in [0, 0.05) is 11.4 Å². The molecule has 0 radical (unpaired) electrons. The zero-order valence-electron chi connectivity index (χ0n) is 12.9. The Balaban J connectivity index is 2.32. The molecule has 5 nitrogen and oxygen atoms in total. The van der Waals surface area contributed by atoms with Crippen LogP contribution >= 0.6 is 0 Å². The van der Waals surface area contributed by atoms with Crippen LogP contribution in [0.5, 0.6) is 0 Å². The number of nitrogens with two attached hydrogens (primary N) is 1. The van der Waals surface area contributed by atoms with Gasteiger partial charge in [0.05, 0.1) is 0 Å². The van der Waals surface area contributed by atoms with E-state index < -0.39 is 5.91 Å². The maximum atomic E-state index is 12.4. The van der Waals surface area contributed by atoms with Crippen molar-refractivity contribution >= 4 is 24.0 Å². The van der Waals surface area contributed by atoms with E-state index in [4.69, 9.17) is 5.73 Å². The van der Waals surface area contributed by atoms with E-state index >= 15 is 0 Å². The minimum Gasteiger partial charge on any atom is -0.382 e. The molecule has 2 aromatic rings. The van der Waals surface area contributed by atoms with Crippen LogP contribution in [0.25, 0.3) is 0 Å². The lowest BCUT2D eigenvalue weighted by atomic mass is 10.1. The smallest absolute Gasteiger partial charge is 0.278 e. The van der Waals surface area contributed by atoms with E-state index in [2.05, 4.69) is 22.0 Å². The van der Waals surface area contributed by atoms with Gasteiger partial charge in [0.1, 0.15) is 0 Å². The van der Waals surface area contributed by atoms with Gasteiger partial charge in [0.25, 0.3) is 5.91 Å². The number of anilines is 1. The topological polar surface area (TPSA) is 79.8 Å². The molecule has 5 heteroatoms. The lowest BCUT2D eigenvalue weighted by Gasteiger charge is -2.08. The van der Waals surface area contributed by atoms with Crippen molar-refractivity contribution in [1.82, 2.24) is 0 Å². The number of amides is 1. The zero-order valence-corrected chi connectivity index (χ0v) is 12.9. The molecule has 0 saturated heterocycles. The molecule has 2 rings (SSSR count). The molecular formula is C18H18N4O. The van der Waals surface area contributed by atoms with Gasteiger partial charge in [0.15, 0.2) is 11.5 Å². The molecular weight excluding hydrogens is 288 g/mol. The summed E-state index contributed by atoms with van der Waals surface area (Å²) in [6.45, 7) is 5.18. The van der Waals surface area contributed by atoms with E-state index in [1.807, 2.05) is 55.5 Å². The summed E-state index contributed by atoms with van der Waals surface area (Å²) in [4.78, 5) is 20.4. The highest BCUT2D eigenvalue weighted by Crippen LogP contribution is 2.12. The van der Waals surface area contributed by atoms with E-state index in [9.17, 15) is 4.79 Å². The van der Waals surface area contributed by atoms with Crippen molar-refractivity contribution in [3.8, 4) is 0 Å². The van der Waals surface area contributed by atoms with Gasteiger partial charge in [-0.1, -0.05) is 48.5 Å². The predicted molar refractivity (Wildman–Crippen MR) is 94.5 cm³/mol. The van der Waals surface area contributed by atoms with Crippen LogP contribution in [0.15, 0.2) is 82.2 Å². The van der Waals surface area contributed by atoms with E-state index in [0.29, 0.717) is 11.4 Å². The van der Waals surface area contributed by atoms with Gasteiger partial charge < -0.3 is 11.1 Å². The molecule has 2 aromatic carbocycles. The van der Waals surface area contributed by atoms with Gasteiger partial charge in [0.2, 0.25) is 0 Å². The Kier molecular flexibility index (Phi) is 5.41. The van der Waals surface area contributed by atoms with Crippen LogP contribution < -0.4 is 11.1 Å². The fraction of sp³-hybridized carbons (Fsp3) is 0.0556. The lowest BCUT2D eigenvalue weighted by Crippen LogP contribution is -2.18. The van der Waals surface area contributed by atoms with Crippen molar-refractivity contribution in [3.05, 3.63) is 77.7 Å². The van der Waals surface area contributed by atoms with Crippen molar-refractivity contribution in [1.29, 1.82) is 0 Å². The first-order chi connectivity index (χ1) is 11.1. The summed E-state index contributed by atoms with van der Waals surface area (Å²) in [6, 6.07) is 18.6. The Morgan fingerprint density at radius 1 is 1.04 bits per heavy atom. The van der Waals surface area contributed by atoms with E-state index in [0.717, 1.165) is 5.56 Å². The lowest BCUT2D eigenvalue weighted by molar-refractivity contribution is -0.112. The molecule has 0 aliphatic rings. The van der Waals surface area contributed by atoms with Gasteiger partial charge in [-0.2, -0.15) is 0 Å². The minimum atomic E-state index is -0.434. The highest BCUT2D eigenvalue weighted by molar-refractivity contribution is 6.08. The Hall–Kier alpha value is -3.21. The first-order valence-corrected chi connectivity index (χ1v) is 7.05. The molecule has 3 N–H and O–H groups in total. The van der Waals surface area contributed by atoms with Crippen LogP contribution in [0.1, 0.15) is 12.5 Å². The molecule has 0 aromatic heterocycles. The molecule has 0 unspecified atom stereocenters. The molecule has 0 heterocycles. The number of nitrogens with zero attached hydrogens (tertiary/aromatic N) is 2. The monoisotopic (exact) mass is 306 g/mol. The molecule has 0 aliphatic heterocycles. The van der Waals surface area contributed by atoms with Gasteiger partial charge in [-0.3, -0.25) is 4.79 Å². The van der Waals surface area contributed by atoms with Gasteiger partial charge in [-0.25, -0.2) is 9.98 Å². The Labute approximate surface area is 135 Å². The predicted octanol–water partition coefficient (Wildman–Crippen LogP) is 2.96. The molecule has 0 bridgehead atoms.